The Bertz CT molecular complexity index is 1190. The van der Waals surface area contributed by atoms with Crippen molar-refractivity contribution in [3.05, 3.63) is 57.0 Å². The van der Waals surface area contributed by atoms with Gasteiger partial charge in [0.2, 0.25) is 5.91 Å². The van der Waals surface area contributed by atoms with E-state index in [1.54, 1.807) is 4.57 Å². The van der Waals surface area contributed by atoms with Gasteiger partial charge in [0.1, 0.15) is 5.65 Å². The van der Waals surface area contributed by atoms with Gasteiger partial charge in [-0.2, -0.15) is 5.10 Å². The molecule has 0 bridgehead atoms. The third-order valence-corrected chi connectivity index (χ3v) is 6.14. The maximum atomic E-state index is 13.5. The molecular formula is C24H30N4O3. The van der Waals surface area contributed by atoms with Crippen LogP contribution < -0.4 is 5.56 Å². The zero-order chi connectivity index (χ0) is 22.1. The zero-order valence-electron chi connectivity index (χ0n) is 18.8. The van der Waals surface area contributed by atoms with E-state index in [-0.39, 0.29) is 11.5 Å². The summed E-state index contributed by atoms with van der Waals surface area (Å²) in [6.45, 7) is 10.9. The number of aromatic nitrogens is 3. The van der Waals surface area contributed by atoms with Gasteiger partial charge in [-0.3, -0.25) is 14.2 Å². The second-order valence-corrected chi connectivity index (χ2v) is 8.18. The third kappa shape index (κ3) is 3.90. The van der Waals surface area contributed by atoms with E-state index in [0.717, 1.165) is 33.5 Å². The van der Waals surface area contributed by atoms with Crippen LogP contribution in [0.25, 0.3) is 16.7 Å². The number of hydrogen-bond donors (Lipinski definition) is 0. The SMILES string of the molecule is CCn1c(=O)c(CCC(=O)N2CCOCC2)c(C)c2c(C)nn(-c3cccc(C)c3)c21. The minimum atomic E-state index is -0.0314. The van der Waals surface area contributed by atoms with Gasteiger partial charge < -0.3 is 9.64 Å². The molecule has 7 nitrogen and oxygen atoms in total. The Balaban J connectivity index is 1.77. The largest absolute Gasteiger partial charge is 0.378 e. The molecule has 0 radical (unpaired) electrons. The fraction of sp³-hybridized carbons (Fsp3) is 0.458. The van der Waals surface area contributed by atoms with Crippen molar-refractivity contribution >= 4 is 16.9 Å². The van der Waals surface area contributed by atoms with E-state index in [1.807, 2.05) is 55.5 Å². The van der Waals surface area contributed by atoms with Crippen LogP contribution >= 0.6 is 0 Å². The van der Waals surface area contributed by atoms with Gasteiger partial charge in [-0.25, -0.2) is 4.68 Å². The van der Waals surface area contributed by atoms with Crippen LogP contribution in [-0.4, -0.2) is 51.5 Å². The molecule has 31 heavy (non-hydrogen) atoms. The minimum absolute atomic E-state index is 0.0314. The number of morpholine rings is 1. The third-order valence-electron chi connectivity index (χ3n) is 6.14. The number of ether oxygens (including phenoxy) is 1. The van der Waals surface area contributed by atoms with Crippen molar-refractivity contribution in [3.8, 4) is 5.69 Å². The van der Waals surface area contributed by atoms with E-state index < -0.39 is 0 Å². The second-order valence-electron chi connectivity index (χ2n) is 8.18. The molecule has 7 heteroatoms. The maximum Gasteiger partial charge on any atom is 0.255 e. The molecule has 3 heterocycles. The fourth-order valence-electron chi connectivity index (χ4n) is 4.50. The summed E-state index contributed by atoms with van der Waals surface area (Å²) in [4.78, 5) is 27.9. The lowest BCUT2D eigenvalue weighted by atomic mass is 10.0. The van der Waals surface area contributed by atoms with Gasteiger partial charge in [-0.05, 0) is 57.4 Å². The molecule has 1 amide bonds. The van der Waals surface area contributed by atoms with Crippen LogP contribution in [0.3, 0.4) is 0 Å². The van der Waals surface area contributed by atoms with E-state index in [4.69, 9.17) is 9.84 Å². The molecule has 0 unspecified atom stereocenters. The van der Waals surface area contributed by atoms with E-state index in [9.17, 15) is 9.59 Å². The molecule has 1 fully saturated rings. The Hall–Kier alpha value is -2.93. The molecule has 2 aromatic heterocycles. The first-order chi connectivity index (χ1) is 14.9. The topological polar surface area (TPSA) is 69.4 Å². The second kappa shape index (κ2) is 8.67. The Morgan fingerprint density at radius 2 is 1.90 bits per heavy atom. The highest BCUT2D eigenvalue weighted by atomic mass is 16.5. The van der Waals surface area contributed by atoms with Crippen LogP contribution in [0.5, 0.6) is 0 Å². The van der Waals surface area contributed by atoms with E-state index in [1.165, 1.54) is 0 Å². The van der Waals surface area contributed by atoms with Crippen molar-refractivity contribution in [2.24, 2.45) is 0 Å². The molecule has 3 aromatic rings. The Morgan fingerprint density at radius 3 is 2.58 bits per heavy atom. The number of amides is 1. The highest BCUT2D eigenvalue weighted by Gasteiger charge is 2.22. The molecule has 1 aliphatic rings. The maximum absolute atomic E-state index is 13.5. The molecule has 164 valence electrons. The summed E-state index contributed by atoms with van der Waals surface area (Å²) in [6.07, 6.45) is 0.766. The fourth-order valence-corrected chi connectivity index (χ4v) is 4.50. The summed E-state index contributed by atoms with van der Waals surface area (Å²) < 4.78 is 9.00. The molecule has 0 saturated carbocycles. The summed E-state index contributed by atoms with van der Waals surface area (Å²) in [7, 11) is 0. The van der Waals surface area contributed by atoms with Crippen LogP contribution in [0.4, 0.5) is 0 Å². The van der Waals surface area contributed by atoms with Gasteiger partial charge in [-0.1, -0.05) is 12.1 Å². The van der Waals surface area contributed by atoms with E-state index in [2.05, 4.69) is 6.07 Å². The lowest BCUT2D eigenvalue weighted by molar-refractivity contribution is -0.135. The van der Waals surface area contributed by atoms with E-state index >= 15 is 0 Å². The van der Waals surface area contributed by atoms with Crippen LogP contribution in [0, 0.1) is 20.8 Å². The van der Waals surface area contributed by atoms with Gasteiger partial charge in [0.05, 0.1) is 24.6 Å². The molecule has 1 aromatic carbocycles. The molecule has 4 rings (SSSR count). The predicted molar refractivity (Wildman–Crippen MR) is 121 cm³/mol. The standard InChI is InChI=1S/C24H30N4O3/c1-5-27-23-22(18(4)25-28(23)19-8-6-7-16(2)15-19)17(3)20(24(27)30)9-10-21(29)26-11-13-31-14-12-26/h6-8,15H,5,9-14H2,1-4H3. The summed E-state index contributed by atoms with van der Waals surface area (Å²) in [5.74, 6) is 0.0809. The molecule has 0 N–H and O–H groups in total. The molecule has 0 spiro atoms. The summed E-state index contributed by atoms with van der Waals surface area (Å²) >= 11 is 0. The van der Waals surface area contributed by atoms with Crippen LogP contribution in [-0.2, 0) is 22.5 Å². The van der Waals surface area contributed by atoms with Gasteiger partial charge in [0.25, 0.3) is 5.56 Å². The van der Waals surface area contributed by atoms with Gasteiger partial charge in [-0.15, -0.1) is 0 Å². The average Bonchev–Trinajstić information content (AvgIpc) is 3.11. The monoisotopic (exact) mass is 422 g/mol. The van der Waals surface area contributed by atoms with Crippen LogP contribution in [0.1, 0.15) is 35.7 Å². The Kier molecular flexibility index (Phi) is 5.96. The van der Waals surface area contributed by atoms with Crippen molar-refractivity contribution in [1.82, 2.24) is 19.2 Å². The Labute approximate surface area is 182 Å². The smallest absolute Gasteiger partial charge is 0.255 e. The summed E-state index contributed by atoms with van der Waals surface area (Å²) in [5.41, 5.74) is 5.39. The van der Waals surface area contributed by atoms with Crippen LogP contribution in [0.2, 0.25) is 0 Å². The number of rotatable bonds is 5. The first kappa shape index (κ1) is 21.3. The lowest BCUT2D eigenvalue weighted by Gasteiger charge is -2.27. The predicted octanol–water partition coefficient (Wildman–Crippen LogP) is 2.92. The minimum Gasteiger partial charge on any atom is -0.378 e. The number of benzene rings is 1. The first-order valence-corrected chi connectivity index (χ1v) is 11.0. The van der Waals surface area contributed by atoms with Gasteiger partial charge in [0, 0.05) is 37.0 Å². The van der Waals surface area contributed by atoms with Gasteiger partial charge in [0.15, 0.2) is 0 Å². The molecular weight excluding hydrogens is 392 g/mol. The normalized spacial score (nSPS) is 14.4. The van der Waals surface area contributed by atoms with Crippen molar-refractivity contribution < 1.29 is 9.53 Å². The molecule has 1 aliphatic heterocycles. The first-order valence-electron chi connectivity index (χ1n) is 11.0. The molecule has 0 aliphatic carbocycles. The van der Waals surface area contributed by atoms with Gasteiger partial charge >= 0.3 is 0 Å². The van der Waals surface area contributed by atoms with Crippen LogP contribution in [0.15, 0.2) is 29.1 Å². The number of pyridine rings is 1. The lowest BCUT2D eigenvalue weighted by Crippen LogP contribution is -2.41. The number of carbonyl (C=O) groups excluding carboxylic acids is 1. The molecule has 0 atom stereocenters. The number of hydrogen-bond acceptors (Lipinski definition) is 4. The number of carbonyl (C=O) groups is 1. The van der Waals surface area contributed by atoms with Crippen molar-refractivity contribution in [3.63, 3.8) is 0 Å². The zero-order valence-corrected chi connectivity index (χ0v) is 18.8. The average molecular weight is 423 g/mol. The van der Waals surface area contributed by atoms with Crippen molar-refractivity contribution in [2.45, 2.75) is 47.1 Å². The number of aryl methyl sites for hydroxylation is 4. The van der Waals surface area contributed by atoms with Crippen molar-refractivity contribution in [2.75, 3.05) is 26.3 Å². The quantitative estimate of drug-likeness (QED) is 0.634. The van der Waals surface area contributed by atoms with Crippen molar-refractivity contribution in [1.29, 1.82) is 0 Å². The molecule has 1 saturated heterocycles. The summed E-state index contributed by atoms with van der Waals surface area (Å²) in [6, 6.07) is 8.12. The Morgan fingerprint density at radius 1 is 1.16 bits per heavy atom. The highest BCUT2D eigenvalue weighted by molar-refractivity contribution is 5.85. The number of fused-ring (bicyclic) bond motifs is 1. The highest BCUT2D eigenvalue weighted by Crippen LogP contribution is 2.26. The summed E-state index contributed by atoms with van der Waals surface area (Å²) in [5, 5.41) is 5.79. The number of nitrogens with zero attached hydrogens (tertiary/aromatic N) is 4. The van der Waals surface area contributed by atoms with E-state index in [0.29, 0.717) is 51.3 Å².